The van der Waals surface area contributed by atoms with Crippen LogP contribution in [0, 0.1) is 23.2 Å². The summed E-state index contributed by atoms with van der Waals surface area (Å²) in [6, 6.07) is 4.41. The number of H-pyrrole nitrogens is 1. The van der Waals surface area contributed by atoms with Gasteiger partial charge < -0.3 is 16.5 Å². The lowest BCUT2D eigenvalue weighted by Crippen LogP contribution is -2.42. The Morgan fingerprint density at radius 3 is 3.00 bits per heavy atom. The van der Waals surface area contributed by atoms with E-state index in [9.17, 15) is 0 Å². The van der Waals surface area contributed by atoms with Gasteiger partial charge in [-0.15, -0.1) is 0 Å². The minimum Gasteiger partial charge on any atom is -0.404 e. The first-order valence-corrected chi connectivity index (χ1v) is 8.46. The first kappa shape index (κ1) is 13.2. The molecule has 0 radical (unpaired) electrons. The number of hydrogen-bond donors (Lipinski definition) is 4. The van der Waals surface area contributed by atoms with Crippen LogP contribution in [-0.2, 0) is 0 Å². The molecule has 3 aliphatic rings. The second-order valence-electron chi connectivity index (χ2n) is 7.23. The van der Waals surface area contributed by atoms with Gasteiger partial charge in [0.1, 0.15) is 0 Å². The Hall–Kier alpha value is -2.30. The summed E-state index contributed by atoms with van der Waals surface area (Å²) in [7, 11) is 0. The minimum atomic E-state index is 0.162. The number of aromatic amines is 1. The van der Waals surface area contributed by atoms with Crippen molar-refractivity contribution >= 4 is 22.8 Å². The van der Waals surface area contributed by atoms with E-state index >= 15 is 0 Å². The summed E-state index contributed by atoms with van der Waals surface area (Å²) in [4.78, 5) is 0. The maximum Gasteiger partial charge on any atom is 0.0654 e. The van der Waals surface area contributed by atoms with Crippen molar-refractivity contribution in [2.75, 3.05) is 5.32 Å². The lowest BCUT2D eigenvalue weighted by molar-refractivity contribution is 0.265. The van der Waals surface area contributed by atoms with Gasteiger partial charge in [-0.05, 0) is 60.6 Å². The van der Waals surface area contributed by atoms with Crippen LogP contribution in [0.3, 0.4) is 0 Å². The smallest absolute Gasteiger partial charge is 0.0654 e. The SMILES string of the molecule is N=CC(=CN)[C@@H]1Nc2ccc3[nH]ncc3c2[C@H]2C3CCC(C3)[C@@H]12. The predicted octanol–water partition coefficient (Wildman–Crippen LogP) is 2.98. The summed E-state index contributed by atoms with van der Waals surface area (Å²) in [5.74, 6) is 2.61. The number of hydrogen-bond acceptors (Lipinski definition) is 4. The van der Waals surface area contributed by atoms with E-state index in [0.29, 0.717) is 11.8 Å². The maximum atomic E-state index is 7.74. The van der Waals surface area contributed by atoms with Crippen molar-refractivity contribution < 1.29 is 0 Å². The van der Waals surface area contributed by atoms with Crippen molar-refractivity contribution in [3.05, 3.63) is 35.7 Å². The molecule has 0 amide bonds. The Kier molecular flexibility index (Phi) is 2.63. The van der Waals surface area contributed by atoms with Gasteiger partial charge in [0.05, 0.1) is 17.8 Å². The van der Waals surface area contributed by atoms with Crippen molar-refractivity contribution in [1.29, 1.82) is 5.41 Å². The third kappa shape index (κ3) is 1.62. The second kappa shape index (κ2) is 4.60. The summed E-state index contributed by atoms with van der Waals surface area (Å²) < 4.78 is 0. The fourth-order valence-electron chi connectivity index (χ4n) is 5.58. The molecule has 2 bridgehead atoms. The number of rotatable bonds is 2. The van der Waals surface area contributed by atoms with Crippen molar-refractivity contribution in [3.63, 3.8) is 0 Å². The second-order valence-corrected chi connectivity index (χ2v) is 7.23. The highest BCUT2D eigenvalue weighted by atomic mass is 15.1. The van der Waals surface area contributed by atoms with E-state index in [1.54, 1.807) is 6.20 Å². The molecule has 2 aliphatic carbocycles. The Morgan fingerprint density at radius 1 is 1.30 bits per heavy atom. The Bertz CT molecular complexity index is 820. The number of benzene rings is 1. The highest BCUT2D eigenvalue weighted by molar-refractivity contribution is 5.89. The molecule has 2 unspecified atom stereocenters. The van der Waals surface area contributed by atoms with Gasteiger partial charge in [-0.1, -0.05) is 0 Å². The van der Waals surface area contributed by atoms with Gasteiger partial charge in [0.2, 0.25) is 0 Å². The van der Waals surface area contributed by atoms with E-state index in [0.717, 1.165) is 22.9 Å². The molecule has 2 saturated carbocycles. The molecule has 1 aliphatic heterocycles. The molecule has 5 atom stereocenters. The van der Waals surface area contributed by atoms with E-state index < -0.39 is 0 Å². The summed E-state index contributed by atoms with van der Waals surface area (Å²) in [5.41, 5.74) is 10.5. The highest BCUT2D eigenvalue weighted by Crippen LogP contribution is 2.62. The van der Waals surface area contributed by atoms with E-state index in [1.807, 2.05) is 6.20 Å². The van der Waals surface area contributed by atoms with E-state index in [4.69, 9.17) is 11.1 Å². The number of nitrogens with zero attached hydrogens (tertiary/aromatic N) is 1. The molecule has 0 spiro atoms. The van der Waals surface area contributed by atoms with Crippen LogP contribution < -0.4 is 11.1 Å². The topological polar surface area (TPSA) is 90.6 Å². The quantitative estimate of drug-likeness (QED) is 0.643. The normalized spacial score (nSPS) is 35.0. The average molecular weight is 307 g/mol. The van der Waals surface area contributed by atoms with Crippen molar-refractivity contribution in [3.8, 4) is 0 Å². The summed E-state index contributed by atoms with van der Waals surface area (Å²) in [5, 5.41) is 20.0. The number of nitrogens with two attached hydrogens (primary N) is 1. The molecule has 5 heteroatoms. The fraction of sp³-hybridized carbons (Fsp3) is 0.444. The van der Waals surface area contributed by atoms with Gasteiger partial charge >= 0.3 is 0 Å². The zero-order chi connectivity index (χ0) is 15.6. The molecule has 2 aromatic rings. The number of nitrogens with one attached hydrogen (secondary N) is 3. The number of aromatic nitrogens is 2. The summed E-state index contributed by atoms with van der Waals surface area (Å²) in [6.45, 7) is 0. The van der Waals surface area contributed by atoms with Crippen molar-refractivity contribution in [1.82, 2.24) is 10.2 Å². The van der Waals surface area contributed by atoms with E-state index in [2.05, 4.69) is 27.6 Å². The zero-order valence-corrected chi connectivity index (χ0v) is 12.9. The van der Waals surface area contributed by atoms with Crippen LogP contribution >= 0.6 is 0 Å². The predicted molar refractivity (Wildman–Crippen MR) is 91.6 cm³/mol. The minimum absolute atomic E-state index is 0.162. The van der Waals surface area contributed by atoms with Crippen LogP contribution in [0.4, 0.5) is 5.69 Å². The van der Waals surface area contributed by atoms with Crippen molar-refractivity contribution in [2.24, 2.45) is 23.5 Å². The van der Waals surface area contributed by atoms with Crippen LogP contribution in [0.25, 0.3) is 10.9 Å². The average Bonchev–Trinajstić information content (AvgIpc) is 3.31. The molecule has 1 aromatic heterocycles. The maximum absolute atomic E-state index is 7.74. The van der Waals surface area contributed by atoms with Gasteiger partial charge in [0.15, 0.2) is 0 Å². The van der Waals surface area contributed by atoms with Gasteiger partial charge in [-0.25, -0.2) is 0 Å². The number of anilines is 1. The Morgan fingerprint density at radius 2 is 2.17 bits per heavy atom. The van der Waals surface area contributed by atoms with Gasteiger partial charge in [-0.3, -0.25) is 5.10 Å². The fourth-order valence-corrected chi connectivity index (χ4v) is 5.58. The zero-order valence-electron chi connectivity index (χ0n) is 12.9. The van der Waals surface area contributed by atoms with Gasteiger partial charge in [0, 0.05) is 29.1 Å². The lowest BCUT2D eigenvalue weighted by atomic mass is 9.67. The van der Waals surface area contributed by atoms with Crippen LogP contribution in [0.15, 0.2) is 30.1 Å². The first-order chi connectivity index (χ1) is 11.3. The Labute approximate surface area is 134 Å². The first-order valence-electron chi connectivity index (χ1n) is 8.46. The van der Waals surface area contributed by atoms with Crippen LogP contribution in [0.5, 0.6) is 0 Å². The van der Waals surface area contributed by atoms with E-state index in [1.165, 1.54) is 42.1 Å². The third-order valence-corrected chi connectivity index (χ3v) is 6.39. The van der Waals surface area contributed by atoms with Crippen LogP contribution in [-0.4, -0.2) is 22.5 Å². The molecular formula is C18H21N5. The summed E-state index contributed by atoms with van der Waals surface area (Å²) in [6.07, 6.45) is 8.96. The van der Waals surface area contributed by atoms with E-state index in [-0.39, 0.29) is 6.04 Å². The van der Waals surface area contributed by atoms with Gasteiger partial charge in [-0.2, -0.15) is 5.10 Å². The molecule has 1 aromatic carbocycles. The van der Waals surface area contributed by atoms with Crippen LogP contribution in [0.1, 0.15) is 30.7 Å². The van der Waals surface area contributed by atoms with Crippen molar-refractivity contribution in [2.45, 2.75) is 31.2 Å². The molecule has 5 rings (SSSR count). The standard InChI is InChI=1S/C18H21N5/c19-6-11(7-20)18-16-10-2-1-9(5-10)15(16)17-12-8-21-23-13(12)3-4-14(17)22-18/h3-4,6-10,15-16,18-19,22H,1-2,5,20H2,(H,21,23)/t9?,10?,15-,16+,18-/m0/s1. The highest BCUT2D eigenvalue weighted by Gasteiger charge is 2.54. The summed E-state index contributed by atoms with van der Waals surface area (Å²) >= 11 is 0. The molecule has 0 saturated heterocycles. The number of fused-ring (bicyclic) bond motifs is 9. The molecule has 5 N–H and O–H groups in total. The third-order valence-electron chi connectivity index (χ3n) is 6.39. The molecule has 118 valence electrons. The molecule has 2 fully saturated rings. The largest absolute Gasteiger partial charge is 0.404 e. The molecule has 5 nitrogen and oxygen atoms in total. The molecule has 2 heterocycles. The van der Waals surface area contributed by atoms with Crippen LogP contribution in [0.2, 0.25) is 0 Å². The Balaban J connectivity index is 1.73. The lowest BCUT2D eigenvalue weighted by Gasteiger charge is -2.43. The van der Waals surface area contributed by atoms with Gasteiger partial charge in [0.25, 0.3) is 0 Å². The molecular weight excluding hydrogens is 286 g/mol. The molecule has 23 heavy (non-hydrogen) atoms. The monoisotopic (exact) mass is 307 g/mol.